The summed E-state index contributed by atoms with van der Waals surface area (Å²) in [6, 6.07) is 2.95. The predicted octanol–water partition coefficient (Wildman–Crippen LogP) is -0.00130. The summed E-state index contributed by atoms with van der Waals surface area (Å²) in [7, 11) is 1.15. The van der Waals surface area contributed by atoms with E-state index in [0.717, 1.165) is 7.11 Å². The number of methoxy groups -OCH3 is 1. The van der Waals surface area contributed by atoms with Crippen LogP contribution in [0.2, 0.25) is 5.15 Å². The Labute approximate surface area is 103 Å². The SMILES string of the molecule is COC(=O)C(O)CNC(=O)c1ccc(Cl)nc1. The first kappa shape index (κ1) is 13.4. The highest BCUT2D eigenvalue weighted by molar-refractivity contribution is 6.29. The van der Waals surface area contributed by atoms with Gasteiger partial charge in [-0.25, -0.2) is 9.78 Å². The second kappa shape index (κ2) is 6.17. The molecule has 0 fully saturated rings. The molecule has 92 valence electrons. The smallest absolute Gasteiger partial charge is 0.336 e. The molecule has 1 unspecified atom stereocenters. The summed E-state index contributed by atoms with van der Waals surface area (Å²) in [5.74, 6) is -1.27. The van der Waals surface area contributed by atoms with Crippen molar-refractivity contribution in [3.05, 3.63) is 29.0 Å². The molecule has 0 bridgehead atoms. The number of ether oxygens (including phenoxy) is 1. The summed E-state index contributed by atoms with van der Waals surface area (Å²) < 4.78 is 4.30. The van der Waals surface area contributed by atoms with E-state index in [1.54, 1.807) is 0 Å². The first-order valence-corrected chi connectivity index (χ1v) is 5.08. The lowest BCUT2D eigenvalue weighted by molar-refractivity contribution is -0.149. The molecule has 0 saturated heterocycles. The number of nitrogens with zero attached hydrogens (tertiary/aromatic N) is 1. The molecule has 17 heavy (non-hydrogen) atoms. The molecule has 7 heteroatoms. The van der Waals surface area contributed by atoms with Gasteiger partial charge in [0.05, 0.1) is 19.2 Å². The van der Waals surface area contributed by atoms with Gasteiger partial charge in [-0.1, -0.05) is 11.6 Å². The maximum Gasteiger partial charge on any atom is 0.336 e. The molecule has 1 aromatic rings. The number of pyridine rings is 1. The van der Waals surface area contributed by atoms with Gasteiger partial charge in [0.2, 0.25) is 0 Å². The minimum absolute atomic E-state index is 0.228. The van der Waals surface area contributed by atoms with Crippen LogP contribution >= 0.6 is 11.6 Å². The average Bonchev–Trinajstić information content (AvgIpc) is 2.35. The Morgan fingerprint density at radius 2 is 2.29 bits per heavy atom. The fourth-order valence-corrected chi connectivity index (χ4v) is 1.13. The molecule has 0 aliphatic carbocycles. The normalized spacial score (nSPS) is 11.7. The quantitative estimate of drug-likeness (QED) is 0.586. The summed E-state index contributed by atoms with van der Waals surface area (Å²) >= 11 is 5.56. The zero-order valence-corrected chi connectivity index (χ0v) is 9.77. The number of carbonyl (C=O) groups excluding carboxylic acids is 2. The van der Waals surface area contributed by atoms with Crippen LogP contribution in [0, 0.1) is 0 Å². The van der Waals surface area contributed by atoms with Crippen molar-refractivity contribution >= 4 is 23.5 Å². The van der Waals surface area contributed by atoms with E-state index >= 15 is 0 Å². The van der Waals surface area contributed by atoms with Crippen molar-refractivity contribution in [2.45, 2.75) is 6.10 Å². The van der Waals surface area contributed by atoms with Gasteiger partial charge in [-0.2, -0.15) is 0 Å². The molecule has 6 nitrogen and oxygen atoms in total. The zero-order chi connectivity index (χ0) is 12.8. The second-order valence-corrected chi connectivity index (χ2v) is 3.51. The van der Waals surface area contributed by atoms with Gasteiger partial charge in [0.25, 0.3) is 5.91 Å². The number of aliphatic hydroxyl groups excluding tert-OH is 1. The first-order chi connectivity index (χ1) is 8.04. The van der Waals surface area contributed by atoms with Crippen LogP contribution in [0.5, 0.6) is 0 Å². The van der Waals surface area contributed by atoms with E-state index in [1.807, 2.05) is 0 Å². The Balaban J connectivity index is 2.50. The molecule has 0 aliphatic heterocycles. The van der Waals surface area contributed by atoms with Gasteiger partial charge in [-0.15, -0.1) is 0 Å². The van der Waals surface area contributed by atoms with Crippen molar-refractivity contribution in [1.29, 1.82) is 0 Å². The Bertz CT molecular complexity index is 407. The number of carbonyl (C=O) groups is 2. The maximum absolute atomic E-state index is 11.5. The highest BCUT2D eigenvalue weighted by atomic mass is 35.5. The van der Waals surface area contributed by atoms with Crippen molar-refractivity contribution in [3.8, 4) is 0 Å². The molecule has 2 N–H and O–H groups in total. The lowest BCUT2D eigenvalue weighted by Crippen LogP contribution is -2.37. The third kappa shape index (κ3) is 4.01. The van der Waals surface area contributed by atoms with E-state index in [2.05, 4.69) is 15.0 Å². The molecule has 0 saturated carbocycles. The first-order valence-electron chi connectivity index (χ1n) is 4.70. The van der Waals surface area contributed by atoms with E-state index in [4.69, 9.17) is 11.6 Å². The minimum Gasteiger partial charge on any atom is -0.467 e. The Morgan fingerprint density at radius 1 is 1.59 bits per heavy atom. The molecule has 1 atom stereocenters. The zero-order valence-electron chi connectivity index (χ0n) is 9.01. The van der Waals surface area contributed by atoms with Crippen molar-refractivity contribution in [3.63, 3.8) is 0 Å². The average molecular weight is 259 g/mol. The molecule has 1 amide bonds. The molecule has 0 radical (unpaired) electrons. The van der Waals surface area contributed by atoms with Crippen LogP contribution in [0.3, 0.4) is 0 Å². The van der Waals surface area contributed by atoms with Crippen LogP contribution in [0.4, 0.5) is 0 Å². The number of halogens is 1. The third-order valence-electron chi connectivity index (χ3n) is 1.92. The summed E-state index contributed by atoms with van der Waals surface area (Å²) in [6.45, 7) is -0.228. The fourth-order valence-electron chi connectivity index (χ4n) is 1.02. The van der Waals surface area contributed by atoms with Crippen LogP contribution < -0.4 is 5.32 Å². The van der Waals surface area contributed by atoms with Gasteiger partial charge in [-0.05, 0) is 12.1 Å². The number of rotatable bonds is 4. The number of esters is 1. The Morgan fingerprint density at radius 3 is 2.82 bits per heavy atom. The molecule has 1 rings (SSSR count). The highest BCUT2D eigenvalue weighted by Gasteiger charge is 2.16. The lowest BCUT2D eigenvalue weighted by Gasteiger charge is -2.09. The fraction of sp³-hybridized carbons (Fsp3) is 0.300. The molecule has 0 aromatic carbocycles. The van der Waals surface area contributed by atoms with Crippen molar-refractivity contribution in [2.75, 3.05) is 13.7 Å². The van der Waals surface area contributed by atoms with Gasteiger partial charge < -0.3 is 15.2 Å². The molecule has 0 spiro atoms. The summed E-state index contributed by atoms with van der Waals surface area (Å²) in [6.07, 6.45) is -0.0912. The van der Waals surface area contributed by atoms with E-state index in [0.29, 0.717) is 0 Å². The van der Waals surface area contributed by atoms with Crippen molar-refractivity contribution in [1.82, 2.24) is 10.3 Å². The largest absolute Gasteiger partial charge is 0.467 e. The van der Waals surface area contributed by atoms with Crippen LogP contribution in [-0.2, 0) is 9.53 Å². The minimum atomic E-state index is -1.38. The topological polar surface area (TPSA) is 88.5 Å². The van der Waals surface area contributed by atoms with E-state index < -0.39 is 18.0 Å². The third-order valence-corrected chi connectivity index (χ3v) is 2.14. The van der Waals surface area contributed by atoms with E-state index in [-0.39, 0.29) is 17.3 Å². The molecule has 0 aliphatic rings. The Hall–Kier alpha value is -1.66. The van der Waals surface area contributed by atoms with E-state index in [9.17, 15) is 14.7 Å². The van der Waals surface area contributed by atoms with Crippen LogP contribution in [-0.4, -0.2) is 41.7 Å². The number of aliphatic hydroxyl groups is 1. The number of nitrogens with one attached hydrogen (secondary N) is 1. The van der Waals surface area contributed by atoms with Crippen LogP contribution in [0.25, 0.3) is 0 Å². The molecular weight excluding hydrogens is 248 g/mol. The summed E-state index contributed by atoms with van der Waals surface area (Å²) in [5, 5.41) is 11.9. The number of hydrogen-bond donors (Lipinski definition) is 2. The Kier molecular flexibility index (Phi) is 4.86. The van der Waals surface area contributed by atoms with Crippen LogP contribution in [0.1, 0.15) is 10.4 Å². The standard InChI is InChI=1S/C10H11ClN2O4/c1-17-10(16)7(14)5-13-9(15)6-2-3-8(11)12-4-6/h2-4,7,14H,5H2,1H3,(H,13,15). The lowest BCUT2D eigenvalue weighted by atomic mass is 10.2. The van der Waals surface area contributed by atoms with Gasteiger partial charge in [0.15, 0.2) is 6.10 Å². The van der Waals surface area contributed by atoms with E-state index in [1.165, 1.54) is 18.3 Å². The van der Waals surface area contributed by atoms with Crippen molar-refractivity contribution < 1.29 is 19.4 Å². The number of amides is 1. The summed E-state index contributed by atoms with van der Waals surface area (Å²) in [5.41, 5.74) is 0.284. The number of hydrogen-bond acceptors (Lipinski definition) is 5. The maximum atomic E-state index is 11.5. The van der Waals surface area contributed by atoms with Gasteiger partial charge >= 0.3 is 5.97 Å². The molecule has 1 aromatic heterocycles. The van der Waals surface area contributed by atoms with Crippen molar-refractivity contribution in [2.24, 2.45) is 0 Å². The number of aromatic nitrogens is 1. The van der Waals surface area contributed by atoms with Gasteiger partial charge in [-0.3, -0.25) is 4.79 Å². The van der Waals surface area contributed by atoms with Gasteiger partial charge in [0.1, 0.15) is 5.15 Å². The summed E-state index contributed by atoms with van der Waals surface area (Å²) in [4.78, 5) is 26.1. The monoisotopic (exact) mass is 258 g/mol. The highest BCUT2D eigenvalue weighted by Crippen LogP contribution is 2.04. The van der Waals surface area contributed by atoms with Gasteiger partial charge in [0, 0.05) is 6.20 Å². The molecule has 1 heterocycles. The predicted molar refractivity (Wildman–Crippen MR) is 59.6 cm³/mol. The molecular formula is C10H11ClN2O4. The second-order valence-electron chi connectivity index (χ2n) is 3.12. The van der Waals surface area contributed by atoms with Crippen LogP contribution in [0.15, 0.2) is 18.3 Å².